The van der Waals surface area contributed by atoms with Crippen molar-refractivity contribution in [2.75, 3.05) is 19.7 Å². The standard InChI is InChI=1S/C12H16N4O2/c1-12(2)8-14-5-10(18-12)7-17-11-6-15-9(3-13)4-16-11/h4,6,10,14H,5,7-8H2,1-2H3. The van der Waals surface area contributed by atoms with Gasteiger partial charge in [-0.15, -0.1) is 0 Å². The minimum atomic E-state index is -0.178. The quantitative estimate of drug-likeness (QED) is 0.838. The Morgan fingerprint density at radius 3 is 3.00 bits per heavy atom. The lowest BCUT2D eigenvalue weighted by molar-refractivity contribution is -0.107. The Bertz CT molecular complexity index is 438. The van der Waals surface area contributed by atoms with E-state index in [-0.39, 0.29) is 17.4 Å². The first kappa shape index (κ1) is 12.7. The number of aromatic nitrogens is 2. The Morgan fingerprint density at radius 2 is 2.39 bits per heavy atom. The van der Waals surface area contributed by atoms with Gasteiger partial charge in [-0.1, -0.05) is 0 Å². The summed E-state index contributed by atoms with van der Waals surface area (Å²) < 4.78 is 11.3. The van der Waals surface area contributed by atoms with Crippen LogP contribution in [-0.4, -0.2) is 41.4 Å². The van der Waals surface area contributed by atoms with E-state index in [0.29, 0.717) is 12.5 Å². The molecule has 1 N–H and O–H groups in total. The molecule has 1 fully saturated rings. The third-order valence-corrected chi connectivity index (χ3v) is 2.57. The van der Waals surface area contributed by atoms with Gasteiger partial charge in [0.15, 0.2) is 5.69 Å². The van der Waals surface area contributed by atoms with Gasteiger partial charge in [-0.2, -0.15) is 5.26 Å². The maximum Gasteiger partial charge on any atom is 0.232 e. The van der Waals surface area contributed by atoms with Gasteiger partial charge in [0.25, 0.3) is 0 Å². The molecule has 0 bridgehead atoms. The molecule has 1 atom stereocenters. The highest BCUT2D eigenvalue weighted by molar-refractivity contribution is 5.18. The first-order valence-electron chi connectivity index (χ1n) is 5.82. The van der Waals surface area contributed by atoms with Gasteiger partial charge in [0.2, 0.25) is 5.88 Å². The van der Waals surface area contributed by atoms with Gasteiger partial charge in [0, 0.05) is 13.1 Å². The van der Waals surface area contributed by atoms with Crippen LogP contribution in [0.25, 0.3) is 0 Å². The Labute approximate surface area is 106 Å². The fourth-order valence-electron chi connectivity index (χ4n) is 1.79. The van der Waals surface area contributed by atoms with Crippen LogP contribution in [-0.2, 0) is 4.74 Å². The summed E-state index contributed by atoms with van der Waals surface area (Å²) in [5.74, 6) is 0.404. The van der Waals surface area contributed by atoms with Gasteiger partial charge in [-0.25, -0.2) is 9.97 Å². The van der Waals surface area contributed by atoms with Crippen LogP contribution in [0.2, 0.25) is 0 Å². The highest BCUT2D eigenvalue weighted by Gasteiger charge is 2.28. The summed E-state index contributed by atoms with van der Waals surface area (Å²) in [7, 11) is 0. The molecule has 1 aliphatic rings. The number of nitriles is 1. The average Bonchev–Trinajstić information content (AvgIpc) is 2.36. The van der Waals surface area contributed by atoms with Gasteiger partial charge in [0.05, 0.1) is 18.0 Å². The maximum atomic E-state index is 8.60. The summed E-state index contributed by atoms with van der Waals surface area (Å²) in [6.07, 6.45) is 2.82. The van der Waals surface area contributed by atoms with Crippen LogP contribution >= 0.6 is 0 Å². The second-order valence-corrected chi connectivity index (χ2v) is 4.79. The van der Waals surface area contributed by atoms with E-state index in [4.69, 9.17) is 14.7 Å². The largest absolute Gasteiger partial charge is 0.474 e. The molecule has 18 heavy (non-hydrogen) atoms. The van der Waals surface area contributed by atoms with Crippen LogP contribution in [0.15, 0.2) is 12.4 Å². The first-order valence-corrected chi connectivity index (χ1v) is 5.82. The molecule has 6 heteroatoms. The molecule has 1 aromatic heterocycles. The molecule has 2 heterocycles. The van der Waals surface area contributed by atoms with E-state index >= 15 is 0 Å². The number of nitrogens with zero attached hydrogens (tertiary/aromatic N) is 3. The molecular weight excluding hydrogens is 232 g/mol. The number of morpholine rings is 1. The zero-order valence-electron chi connectivity index (χ0n) is 10.5. The molecule has 6 nitrogen and oxygen atoms in total. The smallest absolute Gasteiger partial charge is 0.232 e. The van der Waals surface area contributed by atoms with Crippen molar-refractivity contribution in [2.24, 2.45) is 0 Å². The summed E-state index contributed by atoms with van der Waals surface area (Å²) in [6, 6.07) is 1.91. The molecule has 0 aliphatic carbocycles. The highest BCUT2D eigenvalue weighted by atomic mass is 16.6. The van der Waals surface area contributed by atoms with Crippen molar-refractivity contribution in [3.05, 3.63) is 18.1 Å². The second kappa shape index (κ2) is 5.29. The SMILES string of the molecule is CC1(C)CNCC(COc2cnc(C#N)cn2)O1. The lowest BCUT2D eigenvalue weighted by atomic mass is 10.1. The Balaban J connectivity index is 1.85. The van der Waals surface area contributed by atoms with Gasteiger partial charge >= 0.3 is 0 Å². The summed E-state index contributed by atoms with van der Waals surface area (Å²) in [6.45, 7) is 6.08. The van der Waals surface area contributed by atoms with E-state index in [0.717, 1.165) is 13.1 Å². The van der Waals surface area contributed by atoms with Crippen molar-refractivity contribution in [1.82, 2.24) is 15.3 Å². The fraction of sp³-hybridized carbons (Fsp3) is 0.583. The van der Waals surface area contributed by atoms with Gasteiger partial charge in [-0.3, -0.25) is 0 Å². The summed E-state index contributed by atoms with van der Waals surface area (Å²) in [5, 5.41) is 11.9. The average molecular weight is 248 g/mol. The van der Waals surface area contributed by atoms with Crippen molar-refractivity contribution in [1.29, 1.82) is 5.26 Å². The lowest BCUT2D eigenvalue weighted by Crippen LogP contribution is -2.52. The third kappa shape index (κ3) is 3.39. The number of ether oxygens (including phenoxy) is 2. The Hall–Kier alpha value is -1.71. The van der Waals surface area contributed by atoms with Crippen molar-refractivity contribution in [3.63, 3.8) is 0 Å². The summed E-state index contributed by atoms with van der Waals surface area (Å²) in [4.78, 5) is 7.87. The van der Waals surface area contributed by atoms with Gasteiger partial charge in [-0.05, 0) is 13.8 Å². The molecule has 0 amide bonds. The van der Waals surface area contributed by atoms with Crippen LogP contribution in [0.3, 0.4) is 0 Å². The third-order valence-electron chi connectivity index (χ3n) is 2.57. The summed E-state index contributed by atoms with van der Waals surface area (Å²) >= 11 is 0. The molecule has 0 radical (unpaired) electrons. The molecule has 1 saturated heterocycles. The van der Waals surface area contributed by atoms with Crippen molar-refractivity contribution < 1.29 is 9.47 Å². The number of nitrogens with one attached hydrogen (secondary N) is 1. The minimum Gasteiger partial charge on any atom is -0.474 e. The number of rotatable bonds is 3. The predicted octanol–water partition coefficient (Wildman–Crippen LogP) is 0.494. The number of hydrogen-bond donors (Lipinski definition) is 1. The van der Waals surface area contributed by atoms with Crippen LogP contribution in [0.1, 0.15) is 19.5 Å². The number of hydrogen-bond acceptors (Lipinski definition) is 6. The summed E-state index contributed by atoms with van der Waals surface area (Å²) in [5.41, 5.74) is 0.0990. The van der Waals surface area contributed by atoms with Crippen LogP contribution in [0.5, 0.6) is 5.88 Å². The Kier molecular flexibility index (Phi) is 3.75. The monoisotopic (exact) mass is 248 g/mol. The molecule has 1 unspecified atom stereocenters. The van der Waals surface area contributed by atoms with E-state index in [1.807, 2.05) is 19.9 Å². The first-order chi connectivity index (χ1) is 8.59. The topological polar surface area (TPSA) is 80.1 Å². The van der Waals surface area contributed by atoms with E-state index < -0.39 is 0 Å². The minimum absolute atomic E-state index is 0.00815. The molecule has 0 saturated carbocycles. The van der Waals surface area contributed by atoms with Crippen molar-refractivity contribution >= 4 is 0 Å². The molecule has 1 aromatic rings. The van der Waals surface area contributed by atoms with Gasteiger partial charge in [0.1, 0.15) is 18.8 Å². The predicted molar refractivity (Wildman–Crippen MR) is 64.1 cm³/mol. The van der Waals surface area contributed by atoms with Crippen LogP contribution < -0.4 is 10.1 Å². The molecule has 2 rings (SSSR count). The van der Waals surface area contributed by atoms with E-state index in [1.165, 1.54) is 12.4 Å². The normalized spacial score (nSPS) is 22.2. The molecule has 0 spiro atoms. The maximum absolute atomic E-state index is 8.60. The molecule has 0 aromatic carbocycles. The van der Waals surface area contributed by atoms with Crippen molar-refractivity contribution in [2.45, 2.75) is 25.6 Å². The Morgan fingerprint density at radius 1 is 1.56 bits per heavy atom. The molecular formula is C12H16N4O2. The van der Waals surface area contributed by atoms with E-state index in [1.54, 1.807) is 0 Å². The van der Waals surface area contributed by atoms with E-state index in [2.05, 4.69) is 15.3 Å². The molecule has 1 aliphatic heterocycles. The van der Waals surface area contributed by atoms with Crippen LogP contribution in [0, 0.1) is 11.3 Å². The lowest BCUT2D eigenvalue weighted by Gasteiger charge is -2.36. The highest BCUT2D eigenvalue weighted by Crippen LogP contribution is 2.16. The second-order valence-electron chi connectivity index (χ2n) is 4.79. The fourth-order valence-corrected chi connectivity index (χ4v) is 1.79. The zero-order valence-corrected chi connectivity index (χ0v) is 10.5. The van der Waals surface area contributed by atoms with Crippen molar-refractivity contribution in [3.8, 4) is 11.9 Å². The molecule has 96 valence electrons. The van der Waals surface area contributed by atoms with Crippen LogP contribution in [0.4, 0.5) is 0 Å². The zero-order chi connectivity index (χ0) is 13.0. The van der Waals surface area contributed by atoms with E-state index in [9.17, 15) is 0 Å². The van der Waals surface area contributed by atoms with Gasteiger partial charge < -0.3 is 14.8 Å².